The SMILES string of the molecule is CC(C)(C)CC(C1CCCCC1)C(O)C(=O)N(N)N=C=O. The largest absolute Gasteiger partial charge is 0.383 e. The fraction of sp³-hybridized carbons (Fsp3) is 0.867. The molecule has 0 aromatic rings. The summed E-state index contributed by atoms with van der Waals surface area (Å²) in [7, 11) is 0. The van der Waals surface area contributed by atoms with Crippen LogP contribution in [-0.4, -0.2) is 28.3 Å². The van der Waals surface area contributed by atoms with Gasteiger partial charge in [0.15, 0.2) is 0 Å². The van der Waals surface area contributed by atoms with E-state index in [0.717, 1.165) is 32.1 Å². The molecule has 3 N–H and O–H groups in total. The molecule has 1 fully saturated rings. The van der Waals surface area contributed by atoms with Crippen molar-refractivity contribution >= 4 is 12.0 Å². The normalized spacial score (nSPS) is 19.5. The first-order chi connectivity index (χ1) is 9.76. The summed E-state index contributed by atoms with van der Waals surface area (Å²) in [6.45, 7) is 6.26. The maximum Gasteiger partial charge on any atom is 0.287 e. The predicted molar refractivity (Wildman–Crippen MR) is 79.3 cm³/mol. The van der Waals surface area contributed by atoms with Gasteiger partial charge in [0.1, 0.15) is 6.10 Å². The molecule has 0 aromatic carbocycles. The number of aliphatic hydroxyl groups excluding tert-OH is 1. The molecular weight excluding hydrogens is 270 g/mol. The van der Waals surface area contributed by atoms with Gasteiger partial charge in [0.25, 0.3) is 12.0 Å². The molecule has 0 saturated heterocycles. The van der Waals surface area contributed by atoms with Gasteiger partial charge >= 0.3 is 0 Å². The van der Waals surface area contributed by atoms with Crippen LogP contribution in [0.3, 0.4) is 0 Å². The molecule has 1 aliphatic carbocycles. The highest BCUT2D eigenvalue weighted by Gasteiger charge is 2.37. The van der Waals surface area contributed by atoms with E-state index in [1.54, 1.807) is 0 Å². The summed E-state index contributed by atoms with van der Waals surface area (Å²) in [5.74, 6) is 4.77. The number of carbonyl (C=O) groups excluding carboxylic acids is 2. The second kappa shape index (κ2) is 7.69. The molecule has 0 radical (unpaired) electrons. The maximum absolute atomic E-state index is 12.1. The third-order valence-corrected chi connectivity index (χ3v) is 4.14. The molecule has 1 rings (SSSR count). The lowest BCUT2D eigenvalue weighted by Gasteiger charge is -2.37. The molecule has 120 valence electrons. The zero-order chi connectivity index (χ0) is 16.0. The van der Waals surface area contributed by atoms with Crippen LogP contribution in [0.1, 0.15) is 59.3 Å². The number of hydrogen-bond acceptors (Lipinski definition) is 5. The lowest BCUT2D eigenvalue weighted by atomic mass is 9.71. The standard InChI is InChI=1S/C15H27N3O3/c1-15(2,3)9-12(11-7-5-4-6-8-11)13(20)14(21)18(16)17-10-19/h11-13,20H,4-9,16H2,1-3H3. The number of rotatable bonds is 5. The number of hydrazone groups is 1. The van der Waals surface area contributed by atoms with Gasteiger partial charge in [0.2, 0.25) is 0 Å². The van der Waals surface area contributed by atoms with Crippen molar-refractivity contribution in [3.05, 3.63) is 0 Å². The van der Waals surface area contributed by atoms with E-state index in [2.05, 4.69) is 25.9 Å². The van der Waals surface area contributed by atoms with Crippen molar-refractivity contribution in [3.63, 3.8) is 0 Å². The zero-order valence-electron chi connectivity index (χ0n) is 13.2. The van der Waals surface area contributed by atoms with Gasteiger partial charge in [-0.2, -0.15) is 5.12 Å². The van der Waals surface area contributed by atoms with Crippen LogP contribution < -0.4 is 5.84 Å². The quantitative estimate of drug-likeness (QED) is 0.266. The minimum Gasteiger partial charge on any atom is -0.383 e. The van der Waals surface area contributed by atoms with E-state index in [0.29, 0.717) is 11.0 Å². The summed E-state index contributed by atoms with van der Waals surface area (Å²) in [5.41, 5.74) is -0.00324. The van der Waals surface area contributed by atoms with Crippen LogP contribution in [-0.2, 0) is 9.59 Å². The van der Waals surface area contributed by atoms with Gasteiger partial charge in [-0.3, -0.25) is 4.79 Å². The summed E-state index contributed by atoms with van der Waals surface area (Å²) >= 11 is 0. The van der Waals surface area contributed by atoms with Crippen LogP contribution >= 0.6 is 0 Å². The Hall–Kier alpha value is -1.23. The number of aliphatic hydroxyl groups is 1. The Bertz CT molecular complexity index is 393. The summed E-state index contributed by atoms with van der Waals surface area (Å²) in [6.07, 6.45) is 6.22. The number of isocyanates is 1. The average molecular weight is 297 g/mol. The molecule has 0 heterocycles. The highest BCUT2D eigenvalue weighted by molar-refractivity contribution is 5.80. The van der Waals surface area contributed by atoms with E-state index in [1.165, 1.54) is 12.5 Å². The van der Waals surface area contributed by atoms with Crippen molar-refractivity contribution in [2.24, 2.45) is 28.2 Å². The fourth-order valence-electron chi connectivity index (χ4n) is 3.22. The van der Waals surface area contributed by atoms with Crippen LogP contribution in [0.25, 0.3) is 0 Å². The van der Waals surface area contributed by atoms with Crippen LogP contribution in [0.2, 0.25) is 0 Å². The monoisotopic (exact) mass is 297 g/mol. The van der Waals surface area contributed by atoms with Gasteiger partial charge in [0.05, 0.1) is 0 Å². The summed E-state index contributed by atoms with van der Waals surface area (Å²) in [4.78, 5) is 22.3. The van der Waals surface area contributed by atoms with Gasteiger partial charge in [-0.15, -0.1) is 0 Å². The fourth-order valence-corrected chi connectivity index (χ4v) is 3.22. The molecule has 0 aliphatic heterocycles. The highest BCUT2D eigenvalue weighted by Crippen LogP contribution is 2.38. The average Bonchev–Trinajstić information content (AvgIpc) is 2.43. The molecule has 0 spiro atoms. The van der Waals surface area contributed by atoms with Gasteiger partial charge in [-0.05, 0) is 23.7 Å². The third-order valence-electron chi connectivity index (χ3n) is 4.14. The molecule has 2 atom stereocenters. The number of hydrazine groups is 1. The molecule has 21 heavy (non-hydrogen) atoms. The van der Waals surface area contributed by atoms with Gasteiger partial charge in [0, 0.05) is 0 Å². The van der Waals surface area contributed by atoms with Crippen LogP contribution in [0.15, 0.2) is 5.10 Å². The summed E-state index contributed by atoms with van der Waals surface area (Å²) in [5, 5.41) is 13.9. The second-order valence-electron chi connectivity index (χ2n) is 7.15. The summed E-state index contributed by atoms with van der Waals surface area (Å²) in [6, 6.07) is 0. The number of carbonyl (C=O) groups is 1. The predicted octanol–water partition coefficient (Wildman–Crippen LogP) is 1.93. The van der Waals surface area contributed by atoms with E-state index in [4.69, 9.17) is 5.84 Å². The maximum atomic E-state index is 12.1. The number of amides is 1. The van der Waals surface area contributed by atoms with Crippen LogP contribution in [0.5, 0.6) is 0 Å². The molecule has 2 unspecified atom stereocenters. The Balaban J connectivity index is 2.88. The van der Waals surface area contributed by atoms with Gasteiger partial charge < -0.3 is 5.11 Å². The van der Waals surface area contributed by atoms with Gasteiger partial charge in [-0.25, -0.2) is 10.6 Å². The van der Waals surface area contributed by atoms with Crippen molar-refractivity contribution < 1.29 is 14.7 Å². The molecule has 6 nitrogen and oxygen atoms in total. The van der Waals surface area contributed by atoms with Crippen molar-refractivity contribution in [1.29, 1.82) is 0 Å². The first kappa shape index (κ1) is 17.8. The second-order valence-corrected chi connectivity index (χ2v) is 7.15. The van der Waals surface area contributed by atoms with Gasteiger partial charge in [-0.1, -0.05) is 58.0 Å². The molecule has 6 heteroatoms. The first-order valence-electron chi connectivity index (χ1n) is 7.61. The minimum absolute atomic E-state index is 0.00324. The van der Waals surface area contributed by atoms with Crippen molar-refractivity contribution in [2.75, 3.05) is 0 Å². The lowest BCUT2D eigenvalue weighted by Crippen LogP contribution is -2.46. The van der Waals surface area contributed by atoms with E-state index < -0.39 is 12.0 Å². The Morgan fingerprint density at radius 1 is 1.38 bits per heavy atom. The molecule has 1 saturated carbocycles. The van der Waals surface area contributed by atoms with E-state index >= 15 is 0 Å². The Morgan fingerprint density at radius 2 is 1.95 bits per heavy atom. The molecule has 1 aliphatic rings. The lowest BCUT2D eigenvalue weighted by molar-refractivity contribution is -0.146. The van der Waals surface area contributed by atoms with Crippen LogP contribution in [0, 0.1) is 17.3 Å². The number of nitrogens with two attached hydrogens (primary N) is 1. The molecule has 1 amide bonds. The van der Waals surface area contributed by atoms with E-state index in [1.807, 2.05) is 0 Å². The third kappa shape index (κ3) is 5.58. The topological polar surface area (TPSA) is 96.0 Å². The zero-order valence-corrected chi connectivity index (χ0v) is 13.2. The Kier molecular flexibility index (Phi) is 6.52. The molecule has 0 aromatic heterocycles. The highest BCUT2D eigenvalue weighted by atomic mass is 16.3. The van der Waals surface area contributed by atoms with E-state index in [-0.39, 0.29) is 11.3 Å². The van der Waals surface area contributed by atoms with E-state index in [9.17, 15) is 14.7 Å². The number of hydrogen-bond donors (Lipinski definition) is 2. The Morgan fingerprint density at radius 3 is 2.43 bits per heavy atom. The Labute approximate surface area is 126 Å². The molecular formula is C15H27N3O3. The van der Waals surface area contributed by atoms with Crippen LogP contribution in [0.4, 0.5) is 0 Å². The smallest absolute Gasteiger partial charge is 0.287 e. The van der Waals surface area contributed by atoms with Crippen molar-refractivity contribution in [3.8, 4) is 0 Å². The first-order valence-corrected chi connectivity index (χ1v) is 7.61. The molecule has 0 bridgehead atoms. The minimum atomic E-state index is -1.23. The van der Waals surface area contributed by atoms with Crippen molar-refractivity contribution in [2.45, 2.75) is 65.4 Å². The number of nitrogens with zero attached hydrogens (tertiary/aromatic N) is 2. The summed E-state index contributed by atoms with van der Waals surface area (Å²) < 4.78 is 0. The van der Waals surface area contributed by atoms with Crippen molar-refractivity contribution in [1.82, 2.24) is 5.12 Å².